The van der Waals surface area contributed by atoms with Crippen molar-refractivity contribution in [1.29, 1.82) is 0 Å². The van der Waals surface area contributed by atoms with E-state index in [2.05, 4.69) is 18.0 Å². The van der Waals surface area contributed by atoms with E-state index in [1.807, 2.05) is 35.4 Å². The van der Waals surface area contributed by atoms with Crippen LogP contribution in [-0.2, 0) is 6.42 Å². The van der Waals surface area contributed by atoms with Crippen LogP contribution in [0.2, 0.25) is 0 Å². The summed E-state index contributed by atoms with van der Waals surface area (Å²) < 4.78 is 0. The van der Waals surface area contributed by atoms with Gasteiger partial charge in [0, 0.05) is 17.6 Å². The van der Waals surface area contributed by atoms with E-state index >= 15 is 0 Å². The molecule has 1 aromatic carbocycles. The van der Waals surface area contributed by atoms with E-state index in [1.165, 1.54) is 16.9 Å². The first kappa shape index (κ1) is 12.4. The first-order chi connectivity index (χ1) is 9.15. The summed E-state index contributed by atoms with van der Waals surface area (Å²) >= 11 is 1.52. The molecule has 1 aliphatic rings. The van der Waals surface area contributed by atoms with Crippen molar-refractivity contribution >= 4 is 22.9 Å². The smallest absolute Gasteiger partial charge is 0.277 e. The molecule has 2 heterocycles. The Labute approximate surface area is 116 Å². The average molecular weight is 272 g/mol. The zero-order valence-corrected chi connectivity index (χ0v) is 11.9. The van der Waals surface area contributed by atoms with Gasteiger partial charge in [0.05, 0.1) is 5.01 Å². The molecular weight excluding hydrogens is 256 g/mol. The zero-order valence-electron chi connectivity index (χ0n) is 11.1. The summed E-state index contributed by atoms with van der Waals surface area (Å²) in [5.41, 5.74) is 2.85. The first-order valence-electron chi connectivity index (χ1n) is 6.47. The van der Waals surface area contributed by atoms with E-state index in [4.69, 9.17) is 0 Å². The average Bonchev–Trinajstić information content (AvgIpc) is 2.83. The van der Waals surface area contributed by atoms with Crippen LogP contribution in [0.3, 0.4) is 0 Å². The fraction of sp³-hybridized carbons (Fsp3) is 0.333. The van der Waals surface area contributed by atoms with Crippen LogP contribution in [0.15, 0.2) is 29.6 Å². The number of nitrogens with zero attached hydrogens (tertiary/aromatic N) is 2. The normalized spacial score (nSPS) is 18.2. The molecule has 0 fully saturated rings. The topological polar surface area (TPSA) is 33.2 Å². The number of fused-ring (bicyclic) bond motifs is 1. The molecule has 4 heteroatoms. The van der Waals surface area contributed by atoms with Crippen molar-refractivity contribution in [2.75, 3.05) is 11.4 Å². The monoisotopic (exact) mass is 272 g/mol. The lowest BCUT2D eigenvalue weighted by Gasteiger charge is -2.32. The fourth-order valence-electron chi connectivity index (χ4n) is 2.59. The van der Waals surface area contributed by atoms with Crippen LogP contribution in [0.5, 0.6) is 0 Å². The van der Waals surface area contributed by atoms with Gasteiger partial charge in [-0.25, -0.2) is 4.98 Å². The molecule has 0 saturated heterocycles. The Morgan fingerprint density at radius 3 is 2.95 bits per heavy atom. The highest BCUT2D eigenvalue weighted by molar-refractivity contribution is 7.09. The third-order valence-electron chi connectivity index (χ3n) is 3.43. The van der Waals surface area contributed by atoms with E-state index in [1.54, 1.807) is 0 Å². The molecule has 0 spiro atoms. The lowest BCUT2D eigenvalue weighted by Crippen LogP contribution is -2.39. The predicted octanol–water partition coefficient (Wildman–Crippen LogP) is 3.29. The molecule has 0 unspecified atom stereocenters. The Kier molecular flexibility index (Phi) is 3.11. The van der Waals surface area contributed by atoms with Crippen LogP contribution in [-0.4, -0.2) is 17.4 Å². The van der Waals surface area contributed by atoms with Crippen molar-refractivity contribution in [2.24, 2.45) is 5.92 Å². The second-order valence-electron chi connectivity index (χ2n) is 5.11. The van der Waals surface area contributed by atoms with E-state index < -0.39 is 0 Å². The second-order valence-corrected chi connectivity index (χ2v) is 6.17. The molecule has 3 nitrogen and oxygen atoms in total. The highest BCUT2D eigenvalue weighted by Gasteiger charge is 2.27. The molecule has 0 radical (unpaired) electrons. The van der Waals surface area contributed by atoms with Crippen LogP contribution in [0.1, 0.15) is 28.0 Å². The number of benzene rings is 1. The maximum Gasteiger partial charge on any atom is 0.277 e. The zero-order chi connectivity index (χ0) is 13.4. The SMILES string of the molecule is Cc1nc(C(=O)N2C[C@H](C)Cc3ccccc32)cs1. The Morgan fingerprint density at radius 1 is 1.42 bits per heavy atom. The highest BCUT2D eigenvalue weighted by atomic mass is 32.1. The van der Waals surface area contributed by atoms with E-state index in [-0.39, 0.29) is 5.91 Å². The summed E-state index contributed by atoms with van der Waals surface area (Å²) in [5.74, 6) is 0.502. The fourth-order valence-corrected chi connectivity index (χ4v) is 3.18. The van der Waals surface area contributed by atoms with Crippen molar-refractivity contribution in [3.8, 4) is 0 Å². The van der Waals surface area contributed by atoms with E-state index in [0.29, 0.717) is 11.6 Å². The van der Waals surface area contributed by atoms with Crippen LogP contribution in [0.25, 0.3) is 0 Å². The third kappa shape index (κ3) is 2.28. The molecule has 1 aliphatic heterocycles. The molecule has 0 saturated carbocycles. The van der Waals surface area contributed by atoms with Crippen molar-refractivity contribution in [1.82, 2.24) is 4.98 Å². The summed E-state index contributed by atoms with van der Waals surface area (Å²) in [6.45, 7) is 4.88. The summed E-state index contributed by atoms with van der Waals surface area (Å²) in [6.07, 6.45) is 1.04. The Hall–Kier alpha value is -1.68. The van der Waals surface area contributed by atoms with Crippen LogP contribution in [0.4, 0.5) is 5.69 Å². The predicted molar refractivity (Wildman–Crippen MR) is 77.8 cm³/mol. The number of hydrogen-bond donors (Lipinski definition) is 0. The van der Waals surface area contributed by atoms with E-state index in [0.717, 1.165) is 23.7 Å². The molecule has 1 atom stereocenters. The first-order valence-corrected chi connectivity index (χ1v) is 7.35. The van der Waals surface area contributed by atoms with Gasteiger partial charge in [-0.1, -0.05) is 25.1 Å². The maximum atomic E-state index is 12.6. The number of amides is 1. The van der Waals surface area contributed by atoms with Crippen molar-refractivity contribution < 1.29 is 4.79 Å². The molecule has 0 bridgehead atoms. The molecule has 1 amide bonds. The van der Waals surface area contributed by atoms with Gasteiger partial charge in [0.25, 0.3) is 5.91 Å². The minimum Gasteiger partial charge on any atom is -0.306 e. The Balaban J connectivity index is 1.99. The van der Waals surface area contributed by atoms with Gasteiger partial charge in [-0.3, -0.25) is 4.79 Å². The van der Waals surface area contributed by atoms with Crippen molar-refractivity contribution in [3.05, 3.63) is 45.9 Å². The molecule has 19 heavy (non-hydrogen) atoms. The van der Waals surface area contributed by atoms with Gasteiger partial charge in [0.15, 0.2) is 0 Å². The van der Waals surface area contributed by atoms with Crippen LogP contribution < -0.4 is 4.90 Å². The van der Waals surface area contributed by atoms with Crippen molar-refractivity contribution in [3.63, 3.8) is 0 Å². The number of hydrogen-bond acceptors (Lipinski definition) is 3. The maximum absolute atomic E-state index is 12.6. The van der Waals surface area contributed by atoms with Gasteiger partial charge >= 0.3 is 0 Å². The van der Waals surface area contributed by atoms with Gasteiger partial charge in [-0.05, 0) is 30.9 Å². The number of rotatable bonds is 1. The summed E-state index contributed by atoms with van der Waals surface area (Å²) in [5, 5.41) is 2.78. The van der Waals surface area contributed by atoms with Gasteiger partial charge in [0.1, 0.15) is 5.69 Å². The Bertz CT molecular complexity index is 620. The number of aromatic nitrogens is 1. The molecule has 1 aromatic heterocycles. The molecule has 3 rings (SSSR count). The lowest BCUT2D eigenvalue weighted by molar-refractivity contribution is 0.0976. The van der Waals surface area contributed by atoms with Gasteiger partial charge < -0.3 is 4.90 Å². The second kappa shape index (κ2) is 4.78. The van der Waals surface area contributed by atoms with Gasteiger partial charge in [-0.15, -0.1) is 11.3 Å². The molecule has 2 aromatic rings. The lowest BCUT2D eigenvalue weighted by atomic mass is 9.94. The summed E-state index contributed by atoms with van der Waals surface area (Å²) in [7, 11) is 0. The van der Waals surface area contributed by atoms with Gasteiger partial charge in [-0.2, -0.15) is 0 Å². The summed E-state index contributed by atoms with van der Waals surface area (Å²) in [6, 6.07) is 8.16. The number of para-hydroxylation sites is 1. The molecule has 0 aliphatic carbocycles. The molecular formula is C15H16N2OS. The van der Waals surface area contributed by atoms with Gasteiger partial charge in [0.2, 0.25) is 0 Å². The van der Waals surface area contributed by atoms with Crippen LogP contribution >= 0.6 is 11.3 Å². The number of carbonyl (C=O) groups excluding carboxylic acids is 1. The van der Waals surface area contributed by atoms with E-state index in [9.17, 15) is 4.79 Å². The number of carbonyl (C=O) groups is 1. The minimum atomic E-state index is 0.0170. The highest BCUT2D eigenvalue weighted by Crippen LogP contribution is 2.30. The molecule has 0 N–H and O–H groups in total. The van der Waals surface area contributed by atoms with Crippen LogP contribution in [0, 0.1) is 12.8 Å². The standard InChI is InChI=1S/C15H16N2OS/c1-10-7-12-5-3-4-6-14(12)17(8-10)15(18)13-9-19-11(2)16-13/h3-6,9-10H,7-8H2,1-2H3/t10-/m1/s1. The largest absolute Gasteiger partial charge is 0.306 e. The quantitative estimate of drug-likeness (QED) is 0.798. The molecule has 98 valence electrons. The van der Waals surface area contributed by atoms with Crippen molar-refractivity contribution in [2.45, 2.75) is 20.3 Å². The third-order valence-corrected chi connectivity index (χ3v) is 4.20. The summed E-state index contributed by atoms with van der Waals surface area (Å²) in [4.78, 5) is 18.8. The Morgan fingerprint density at radius 2 is 2.21 bits per heavy atom. The number of thiazole rings is 1. The number of aryl methyl sites for hydroxylation is 1. The minimum absolute atomic E-state index is 0.0170. The number of anilines is 1.